The number of amides is 1. The minimum atomic E-state index is -3.75. The van der Waals surface area contributed by atoms with Gasteiger partial charge in [-0.05, 0) is 92.7 Å². The van der Waals surface area contributed by atoms with Crippen LogP contribution in [-0.4, -0.2) is 72.4 Å². The number of carboxylic acids is 1. The molecule has 41 heavy (non-hydrogen) atoms. The first-order chi connectivity index (χ1) is 19.7. The van der Waals surface area contributed by atoms with Crippen LogP contribution in [0.1, 0.15) is 52.7 Å². The number of piperidine rings is 1. The summed E-state index contributed by atoms with van der Waals surface area (Å²) in [5.74, 6) is 4.07. The molecule has 2 aromatic carbocycles. The lowest BCUT2D eigenvalue weighted by atomic mass is 9.99. The van der Waals surface area contributed by atoms with E-state index in [-0.39, 0.29) is 34.5 Å². The molecule has 1 amide bonds. The van der Waals surface area contributed by atoms with E-state index in [9.17, 15) is 22.4 Å². The number of likely N-dealkylation sites (tertiary alicyclic amines) is 1. The molecule has 0 bridgehead atoms. The van der Waals surface area contributed by atoms with Gasteiger partial charge in [0.1, 0.15) is 5.82 Å². The van der Waals surface area contributed by atoms with Gasteiger partial charge in [-0.3, -0.25) is 14.7 Å². The first-order valence-corrected chi connectivity index (χ1v) is 15.2. The van der Waals surface area contributed by atoms with Crippen LogP contribution in [0.2, 0.25) is 0 Å². The average molecular weight is 581 g/mol. The predicted molar refractivity (Wildman–Crippen MR) is 152 cm³/mol. The number of H-pyrrole nitrogens is 1. The Hall–Kier alpha value is -4.01. The Labute approximate surface area is 239 Å². The molecule has 1 aliphatic heterocycles. The third-order valence-electron chi connectivity index (χ3n) is 7.05. The Bertz CT molecular complexity index is 1500. The number of aryl methyl sites for hydroxylation is 1. The normalized spacial score (nSPS) is 14.3. The van der Waals surface area contributed by atoms with Crippen molar-refractivity contribution in [2.45, 2.75) is 37.0 Å². The van der Waals surface area contributed by atoms with Gasteiger partial charge in [-0.25, -0.2) is 12.8 Å². The molecule has 216 valence electrons. The zero-order valence-electron chi connectivity index (χ0n) is 22.6. The van der Waals surface area contributed by atoms with E-state index in [2.05, 4.69) is 27.4 Å². The average Bonchev–Trinajstić information content (AvgIpc) is 3.48. The number of hydrogen-bond donors (Lipinski definition) is 3. The number of nitrogens with zero attached hydrogens (tertiary/aromatic N) is 2. The zero-order valence-corrected chi connectivity index (χ0v) is 23.4. The van der Waals surface area contributed by atoms with E-state index >= 15 is 0 Å². The monoisotopic (exact) mass is 580 g/mol. The predicted octanol–water partition coefficient (Wildman–Crippen LogP) is 3.27. The summed E-state index contributed by atoms with van der Waals surface area (Å²) < 4.78 is 40.5. The summed E-state index contributed by atoms with van der Waals surface area (Å²) >= 11 is 0. The maximum atomic E-state index is 13.6. The number of aromatic amines is 1. The lowest BCUT2D eigenvalue weighted by Crippen LogP contribution is -2.37. The summed E-state index contributed by atoms with van der Waals surface area (Å²) in [6, 6.07) is 9.98. The van der Waals surface area contributed by atoms with E-state index in [0.717, 1.165) is 12.0 Å². The molecule has 11 heteroatoms. The van der Waals surface area contributed by atoms with Gasteiger partial charge in [0.2, 0.25) is 0 Å². The van der Waals surface area contributed by atoms with Gasteiger partial charge in [0.05, 0.1) is 23.3 Å². The largest absolute Gasteiger partial charge is 0.481 e. The van der Waals surface area contributed by atoms with Crippen LogP contribution in [0, 0.1) is 23.6 Å². The number of carboxylic acid groups (broad SMARTS) is 1. The molecule has 0 aliphatic carbocycles. The van der Waals surface area contributed by atoms with Crippen LogP contribution in [0.15, 0.2) is 59.8 Å². The van der Waals surface area contributed by atoms with Crippen molar-refractivity contribution < 1.29 is 27.5 Å². The van der Waals surface area contributed by atoms with Crippen molar-refractivity contribution >= 4 is 21.7 Å². The molecule has 3 N–H and O–H groups in total. The van der Waals surface area contributed by atoms with E-state index in [4.69, 9.17) is 5.11 Å². The molecule has 1 saturated heterocycles. The number of rotatable bonds is 11. The van der Waals surface area contributed by atoms with Crippen LogP contribution < -0.4 is 5.32 Å². The maximum absolute atomic E-state index is 13.6. The molecule has 1 aliphatic rings. The van der Waals surface area contributed by atoms with Gasteiger partial charge < -0.3 is 15.3 Å². The molecule has 0 radical (unpaired) electrons. The molecule has 0 saturated carbocycles. The molecule has 4 rings (SSSR count). The number of carbonyl (C=O) groups is 2. The first-order valence-electron chi connectivity index (χ1n) is 13.5. The van der Waals surface area contributed by atoms with Crippen LogP contribution in [-0.2, 0) is 21.1 Å². The van der Waals surface area contributed by atoms with Crippen molar-refractivity contribution in [2.75, 3.05) is 31.9 Å². The fourth-order valence-electron chi connectivity index (χ4n) is 4.75. The highest BCUT2D eigenvalue weighted by Crippen LogP contribution is 2.25. The van der Waals surface area contributed by atoms with Crippen LogP contribution in [0.4, 0.5) is 4.39 Å². The highest BCUT2D eigenvalue weighted by Gasteiger charge is 2.27. The van der Waals surface area contributed by atoms with Crippen molar-refractivity contribution in [3.8, 4) is 11.8 Å². The molecule has 3 aromatic rings. The second-order valence-corrected chi connectivity index (χ2v) is 12.1. The third-order valence-corrected chi connectivity index (χ3v) is 8.99. The van der Waals surface area contributed by atoms with Gasteiger partial charge in [0.25, 0.3) is 5.91 Å². The number of aromatic nitrogens is 2. The third kappa shape index (κ3) is 8.99. The highest BCUT2D eigenvalue weighted by molar-refractivity contribution is 7.91. The second-order valence-electron chi connectivity index (χ2n) is 10.1. The molecule has 1 fully saturated rings. The van der Waals surface area contributed by atoms with E-state index in [1.165, 1.54) is 42.5 Å². The molecular weight excluding hydrogens is 547 g/mol. The molecule has 0 atom stereocenters. The van der Waals surface area contributed by atoms with Gasteiger partial charge in [-0.15, -0.1) is 0 Å². The lowest BCUT2D eigenvalue weighted by molar-refractivity contribution is -0.137. The molecule has 1 aromatic heterocycles. The van der Waals surface area contributed by atoms with E-state index < -0.39 is 21.6 Å². The number of hydrogen-bond acceptors (Lipinski definition) is 6. The lowest BCUT2D eigenvalue weighted by Gasteiger charge is -2.31. The number of nitrogens with one attached hydrogen (secondary N) is 2. The van der Waals surface area contributed by atoms with Crippen LogP contribution in [0.25, 0.3) is 0 Å². The minimum absolute atomic E-state index is 0.0527. The smallest absolute Gasteiger partial charge is 0.304 e. The Balaban J connectivity index is 1.49. The van der Waals surface area contributed by atoms with Gasteiger partial charge in [-0.2, -0.15) is 5.10 Å². The standard InChI is InChI=1S/C30H33FN4O5S/c31-27-8-4-22(5-9-27)3-6-25-18-26(30(38)32-14-1-2-24-19-33-34-20-24)7-10-28(25)41(39,40)21-23-11-15-35(16-12-23)17-13-29(36)37/h4-5,7-10,18-20,23H,1-2,11-17,21H2,(H,32,38)(H,33,34)(H,36,37). The SMILES string of the molecule is O=C(O)CCN1CCC(CS(=O)(=O)c2ccc(C(=O)NCCCc3cn[nH]c3)cc2C#Cc2ccc(F)cc2)CC1. The highest BCUT2D eigenvalue weighted by atomic mass is 32.2. The Morgan fingerprint density at radius 2 is 1.88 bits per heavy atom. The van der Waals surface area contributed by atoms with E-state index in [1.807, 2.05) is 4.90 Å². The van der Waals surface area contributed by atoms with Crippen LogP contribution >= 0.6 is 0 Å². The summed E-state index contributed by atoms with van der Waals surface area (Å²) in [6.45, 7) is 2.17. The molecule has 2 heterocycles. The first kappa shape index (κ1) is 30.0. The number of benzene rings is 2. The number of aliphatic carboxylic acids is 1. The quantitative estimate of drug-likeness (QED) is 0.234. The fourth-order valence-corrected chi connectivity index (χ4v) is 6.61. The fraction of sp³-hybridized carbons (Fsp3) is 0.367. The van der Waals surface area contributed by atoms with Crippen molar-refractivity contribution in [2.24, 2.45) is 5.92 Å². The van der Waals surface area contributed by atoms with Gasteiger partial charge in [0, 0.05) is 36.0 Å². The topological polar surface area (TPSA) is 132 Å². The second kappa shape index (κ2) is 14.1. The van der Waals surface area contributed by atoms with Gasteiger partial charge >= 0.3 is 5.97 Å². The number of sulfone groups is 1. The summed E-state index contributed by atoms with van der Waals surface area (Å²) in [4.78, 5) is 25.8. The Morgan fingerprint density at radius 3 is 2.56 bits per heavy atom. The molecule has 9 nitrogen and oxygen atoms in total. The van der Waals surface area contributed by atoms with E-state index in [1.54, 1.807) is 12.4 Å². The van der Waals surface area contributed by atoms with Gasteiger partial charge in [0.15, 0.2) is 9.84 Å². The van der Waals surface area contributed by atoms with Crippen LogP contribution in [0.3, 0.4) is 0 Å². The number of carbonyl (C=O) groups excluding carboxylic acids is 1. The van der Waals surface area contributed by atoms with Crippen molar-refractivity contribution in [1.82, 2.24) is 20.4 Å². The molecule has 0 unspecified atom stereocenters. The Kier molecular flexibility index (Phi) is 10.3. The Morgan fingerprint density at radius 1 is 1.12 bits per heavy atom. The summed E-state index contributed by atoms with van der Waals surface area (Å²) in [7, 11) is -3.75. The van der Waals surface area contributed by atoms with Crippen LogP contribution in [0.5, 0.6) is 0 Å². The molecular formula is C30H33FN4O5S. The summed E-state index contributed by atoms with van der Waals surface area (Å²) in [6.07, 6.45) is 6.35. The van der Waals surface area contributed by atoms with Crippen molar-refractivity contribution in [1.29, 1.82) is 0 Å². The van der Waals surface area contributed by atoms with Crippen molar-refractivity contribution in [3.63, 3.8) is 0 Å². The summed E-state index contributed by atoms with van der Waals surface area (Å²) in [5.41, 5.74) is 2.05. The van der Waals surface area contributed by atoms with Gasteiger partial charge in [-0.1, -0.05) is 11.8 Å². The minimum Gasteiger partial charge on any atom is -0.481 e. The summed E-state index contributed by atoms with van der Waals surface area (Å²) in [5, 5.41) is 18.4. The molecule has 0 spiro atoms. The maximum Gasteiger partial charge on any atom is 0.304 e. The van der Waals surface area contributed by atoms with E-state index in [0.29, 0.717) is 56.6 Å². The zero-order chi connectivity index (χ0) is 29.2. The number of halogens is 1. The van der Waals surface area contributed by atoms with Crippen molar-refractivity contribution in [3.05, 3.63) is 82.9 Å².